The molecule has 17 heteroatoms. The number of rotatable bonds is 10. The number of alkyl halides is 2. The summed E-state index contributed by atoms with van der Waals surface area (Å²) in [5.74, 6) is -2.05. The number of phosphoric ester groups is 1. The summed E-state index contributed by atoms with van der Waals surface area (Å²) in [5, 5.41) is 11.1. The number of hydrogen-bond donors (Lipinski definition) is 2. The number of nitrogens with zero attached hydrogens (tertiary/aromatic N) is 1. The zero-order chi connectivity index (χ0) is 29.6. The van der Waals surface area contributed by atoms with Crippen molar-refractivity contribution in [3.05, 3.63) is 33.1 Å². The Morgan fingerprint density at radius 3 is 2.05 bits per heavy atom. The molecule has 0 aromatic carbocycles. The molecule has 0 spiro atoms. The van der Waals surface area contributed by atoms with Gasteiger partial charge in [-0.25, -0.2) is 22.8 Å². The maximum atomic E-state index is 15.5. The van der Waals surface area contributed by atoms with Gasteiger partial charge < -0.3 is 19.3 Å². The maximum absolute atomic E-state index is 15.5. The van der Waals surface area contributed by atoms with Crippen LogP contribution in [-0.2, 0) is 41.9 Å². The number of aromatic nitrogens is 2. The fourth-order valence-corrected chi connectivity index (χ4v) is 5.22. The minimum Gasteiger partial charge on any atom is -0.437 e. The number of ether oxygens (including phenoxy) is 3. The highest BCUT2D eigenvalue weighted by Gasteiger charge is 2.90. The molecule has 1 saturated heterocycles. The first kappa shape index (κ1) is 31.4. The van der Waals surface area contributed by atoms with E-state index < -0.39 is 91.0 Å². The molecule has 2 aliphatic rings. The van der Waals surface area contributed by atoms with E-state index >= 15 is 4.39 Å². The first-order valence-electron chi connectivity index (χ1n) is 11.7. The van der Waals surface area contributed by atoms with Crippen molar-refractivity contribution in [1.29, 1.82) is 0 Å². The van der Waals surface area contributed by atoms with Crippen LogP contribution in [0.25, 0.3) is 0 Å². The maximum Gasteiger partial charge on any atom is 0.481 e. The van der Waals surface area contributed by atoms with E-state index in [0.29, 0.717) is 4.57 Å². The van der Waals surface area contributed by atoms with Crippen LogP contribution in [0.4, 0.5) is 4.39 Å². The predicted octanol–water partition coefficient (Wildman–Crippen LogP) is 1.75. The minimum absolute atomic E-state index is 0.596. The number of hydrogen-bond acceptors (Lipinski definition) is 12. The summed E-state index contributed by atoms with van der Waals surface area (Å²) < 4.78 is 60.5. The van der Waals surface area contributed by atoms with Crippen LogP contribution in [0.3, 0.4) is 0 Å². The van der Waals surface area contributed by atoms with E-state index in [-0.39, 0.29) is 0 Å². The van der Waals surface area contributed by atoms with Crippen LogP contribution in [0, 0.1) is 10.8 Å². The summed E-state index contributed by atoms with van der Waals surface area (Å²) in [6.45, 7) is 7.47. The van der Waals surface area contributed by atoms with Crippen molar-refractivity contribution in [2.24, 2.45) is 10.8 Å². The van der Waals surface area contributed by atoms with Crippen LogP contribution in [0.2, 0.25) is 0 Å². The molecule has 5 atom stereocenters. The zero-order valence-electron chi connectivity index (χ0n) is 22.1. The van der Waals surface area contributed by atoms with Gasteiger partial charge in [0.05, 0.1) is 16.7 Å². The molecule has 3 rings (SSSR count). The van der Waals surface area contributed by atoms with Crippen molar-refractivity contribution in [2.45, 2.75) is 71.2 Å². The Labute approximate surface area is 227 Å². The molecule has 0 bridgehead atoms. The topological polar surface area (TPSA) is 182 Å². The average Bonchev–Trinajstić information content (AvgIpc) is 3.21. The summed E-state index contributed by atoms with van der Waals surface area (Å²) in [4.78, 5) is 49.5. The Kier molecular flexibility index (Phi) is 8.61. The first-order chi connectivity index (χ1) is 17.8. The third-order valence-electron chi connectivity index (χ3n) is 6.00. The highest BCUT2D eigenvalue weighted by Crippen LogP contribution is 2.69. The van der Waals surface area contributed by atoms with E-state index in [1.165, 1.54) is 0 Å². The second kappa shape index (κ2) is 10.7. The molecule has 2 heterocycles. The molecular weight excluding hydrogens is 570 g/mol. The van der Waals surface area contributed by atoms with Gasteiger partial charge in [0.1, 0.15) is 11.7 Å². The number of phosphoric acid groups is 1. The number of H-pyrrole nitrogens is 1. The highest BCUT2D eigenvalue weighted by molar-refractivity contribution is 7.48. The van der Waals surface area contributed by atoms with Crippen molar-refractivity contribution in [3.63, 3.8) is 0 Å². The van der Waals surface area contributed by atoms with E-state index in [9.17, 15) is 28.8 Å². The SMILES string of the molecule is CC(C)(C)C(=O)OCOP(=O)(OCOC(=O)C(C)(C)C)OC1[C@@]2(CCl)O[C@@H](n3ccc(=O)[nH]c3=O)[C@H](F)[C@@]12O. The molecule has 2 N–H and O–H groups in total. The molecule has 1 aromatic rings. The lowest BCUT2D eigenvalue weighted by molar-refractivity contribution is -0.164. The van der Waals surface area contributed by atoms with Gasteiger partial charge in [-0.1, -0.05) is 0 Å². The fourth-order valence-electron chi connectivity index (χ4n) is 3.65. The number of carbonyl (C=O) groups excluding carboxylic acids is 2. The summed E-state index contributed by atoms with van der Waals surface area (Å²) in [6.07, 6.45) is -4.88. The van der Waals surface area contributed by atoms with Crippen LogP contribution in [-0.4, -0.2) is 69.5 Å². The van der Waals surface area contributed by atoms with Crippen molar-refractivity contribution in [2.75, 3.05) is 19.5 Å². The van der Waals surface area contributed by atoms with Crippen LogP contribution < -0.4 is 11.2 Å². The number of carbonyl (C=O) groups is 2. The van der Waals surface area contributed by atoms with E-state index in [1.54, 1.807) is 41.5 Å². The van der Waals surface area contributed by atoms with Gasteiger partial charge in [0.25, 0.3) is 5.56 Å². The third-order valence-corrected chi connectivity index (χ3v) is 7.71. The number of aliphatic hydroxyl groups is 1. The van der Waals surface area contributed by atoms with Gasteiger partial charge in [-0.3, -0.25) is 28.5 Å². The number of fused-ring (bicyclic) bond motifs is 1. The molecule has 14 nitrogen and oxygen atoms in total. The Morgan fingerprint density at radius 1 is 1.13 bits per heavy atom. The lowest BCUT2D eigenvalue weighted by Gasteiger charge is -2.25. The van der Waals surface area contributed by atoms with Gasteiger partial charge in [0.15, 0.2) is 18.0 Å². The number of nitrogens with one attached hydrogen (secondary N) is 1. The molecule has 0 amide bonds. The van der Waals surface area contributed by atoms with Crippen LogP contribution >= 0.6 is 19.4 Å². The van der Waals surface area contributed by atoms with E-state index in [0.717, 1.165) is 12.3 Å². The van der Waals surface area contributed by atoms with Crippen LogP contribution in [0.1, 0.15) is 47.8 Å². The van der Waals surface area contributed by atoms with Crippen molar-refractivity contribution in [3.8, 4) is 0 Å². The Balaban J connectivity index is 1.80. The van der Waals surface area contributed by atoms with Crippen molar-refractivity contribution < 1.29 is 51.4 Å². The lowest BCUT2D eigenvalue weighted by Crippen LogP contribution is -2.40. The number of halogens is 2. The van der Waals surface area contributed by atoms with Gasteiger partial charge in [-0.2, -0.15) is 0 Å². The third kappa shape index (κ3) is 5.99. The Hall–Kier alpha value is -2.13. The van der Waals surface area contributed by atoms with E-state index in [4.69, 9.17) is 39.4 Å². The summed E-state index contributed by atoms with van der Waals surface area (Å²) in [7, 11) is -4.85. The number of esters is 2. The molecule has 0 radical (unpaired) electrons. The summed E-state index contributed by atoms with van der Waals surface area (Å²) in [5.41, 5.74) is -8.20. The van der Waals surface area contributed by atoms with Crippen LogP contribution in [0.15, 0.2) is 21.9 Å². The standard InChI is InChI=1S/C22H31ClFN2O12P/c1-19(2,3)16(28)33-10-35-39(32,36-11-34-17(29)20(4,5)6)38-15-21(9-23)22(15,31)13(24)14(37-21)26-8-7-12(27)25-18(26)30/h7-8,13-15,31H,9-11H2,1-6H3,(H,25,27,30)/t13-,14+,15?,21+,22+/m0/s1. The molecule has 1 saturated carbocycles. The Bertz CT molecular complexity index is 1230. The molecule has 39 heavy (non-hydrogen) atoms. The smallest absolute Gasteiger partial charge is 0.437 e. The second-order valence-electron chi connectivity index (χ2n) is 11.1. The molecule has 1 unspecified atom stereocenters. The monoisotopic (exact) mass is 600 g/mol. The fraction of sp³-hybridized carbons (Fsp3) is 0.727. The quantitative estimate of drug-likeness (QED) is 0.172. The highest BCUT2D eigenvalue weighted by atomic mass is 35.5. The Morgan fingerprint density at radius 2 is 1.64 bits per heavy atom. The van der Waals surface area contributed by atoms with Gasteiger partial charge in [-0.05, 0) is 41.5 Å². The zero-order valence-corrected chi connectivity index (χ0v) is 23.7. The molecule has 1 aliphatic heterocycles. The van der Waals surface area contributed by atoms with Crippen molar-refractivity contribution in [1.82, 2.24) is 9.55 Å². The lowest BCUT2D eigenvalue weighted by atomic mass is 9.98. The summed E-state index contributed by atoms with van der Waals surface area (Å²) >= 11 is 5.99. The van der Waals surface area contributed by atoms with Gasteiger partial charge in [0, 0.05) is 12.3 Å². The van der Waals surface area contributed by atoms with Crippen molar-refractivity contribution >= 4 is 31.4 Å². The van der Waals surface area contributed by atoms with E-state index in [1.807, 2.05) is 4.98 Å². The largest absolute Gasteiger partial charge is 0.481 e. The predicted molar refractivity (Wildman–Crippen MR) is 130 cm³/mol. The molecule has 2 fully saturated rings. The van der Waals surface area contributed by atoms with Gasteiger partial charge >= 0.3 is 25.5 Å². The van der Waals surface area contributed by atoms with E-state index in [2.05, 4.69) is 0 Å². The second-order valence-corrected chi connectivity index (χ2v) is 13.0. The summed E-state index contributed by atoms with van der Waals surface area (Å²) in [6, 6.07) is 0.945. The number of aromatic amines is 1. The molecule has 220 valence electrons. The average molecular weight is 601 g/mol. The molecule has 1 aliphatic carbocycles. The van der Waals surface area contributed by atoms with Gasteiger partial charge in [0.2, 0.25) is 13.6 Å². The van der Waals surface area contributed by atoms with Crippen LogP contribution in [0.5, 0.6) is 0 Å². The first-order valence-corrected chi connectivity index (χ1v) is 13.7. The minimum atomic E-state index is -4.85. The normalized spacial score (nSPS) is 28.6. The molecular formula is C22H31ClFN2O12P. The molecule has 1 aromatic heterocycles. The van der Waals surface area contributed by atoms with Gasteiger partial charge in [-0.15, -0.1) is 11.6 Å².